The van der Waals surface area contributed by atoms with Crippen LogP contribution in [0.15, 0.2) is 78.9 Å². The van der Waals surface area contributed by atoms with Crippen molar-refractivity contribution < 1.29 is 23.1 Å². The zero-order chi connectivity index (χ0) is 24.3. The number of carbonyl (C=O) groups excluding carboxylic acids is 1. The van der Waals surface area contributed by atoms with E-state index in [-0.39, 0.29) is 17.3 Å². The van der Waals surface area contributed by atoms with Crippen molar-refractivity contribution >= 4 is 50.2 Å². The lowest BCUT2D eigenvalue weighted by atomic mass is 10.00. The average Bonchev–Trinajstić information content (AvgIpc) is 3.17. The largest absolute Gasteiger partial charge is 0.480 e. The number of aliphatic carboxylic acids is 1. The van der Waals surface area contributed by atoms with Crippen LogP contribution in [-0.2, 0) is 19.6 Å². The minimum Gasteiger partial charge on any atom is -0.480 e. The van der Waals surface area contributed by atoms with Crippen LogP contribution < -0.4 is 14.9 Å². The quantitative estimate of drug-likeness (QED) is 0.424. The molecule has 3 aromatic carbocycles. The molecule has 174 valence electrons. The molecule has 8 nitrogen and oxygen atoms in total. The second kappa shape index (κ2) is 9.40. The monoisotopic (exact) mass is 477 g/mol. The summed E-state index contributed by atoms with van der Waals surface area (Å²) in [5.41, 5.74) is 4.24. The molecule has 4 rings (SSSR count). The molecule has 0 saturated heterocycles. The maximum absolute atomic E-state index is 12.9. The number of nitrogens with zero attached hydrogens (tertiary/aromatic N) is 1. The SMILES string of the molecule is CCS(=O)(=O)N(CC(=O)O)c1ccc(N/C(=C2\C(=O)Nc3ccccc32)c2ccccc2)cc1. The van der Waals surface area contributed by atoms with E-state index < -0.39 is 22.5 Å². The van der Waals surface area contributed by atoms with Gasteiger partial charge in [0, 0.05) is 16.9 Å². The normalized spacial score (nSPS) is 14.2. The lowest BCUT2D eigenvalue weighted by molar-refractivity contribution is -0.135. The van der Waals surface area contributed by atoms with Gasteiger partial charge >= 0.3 is 5.97 Å². The van der Waals surface area contributed by atoms with Crippen LogP contribution in [0, 0.1) is 0 Å². The summed E-state index contributed by atoms with van der Waals surface area (Å²) in [6.45, 7) is 0.794. The summed E-state index contributed by atoms with van der Waals surface area (Å²) >= 11 is 0. The van der Waals surface area contributed by atoms with E-state index in [0.717, 1.165) is 21.1 Å². The molecule has 0 atom stereocenters. The van der Waals surface area contributed by atoms with Crippen molar-refractivity contribution in [1.82, 2.24) is 0 Å². The summed E-state index contributed by atoms with van der Waals surface area (Å²) in [7, 11) is -3.77. The number of fused-ring (bicyclic) bond motifs is 1. The molecule has 0 bridgehead atoms. The van der Waals surface area contributed by atoms with Crippen LogP contribution in [0.25, 0.3) is 11.3 Å². The van der Waals surface area contributed by atoms with E-state index >= 15 is 0 Å². The number of benzene rings is 3. The highest BCUT2D eigenvalue weighted by Gasteiger charge is 2.28. The van der Waals surface area contributed by atoms with E-state index in [1.54, 1.807) is 12.1 Å². The lowest BCUT2D eigenvalue weighted by Gasteiger charge is -2.22. The molecule has 0 saturated carbocycles. The summed E-state index contributed by atoms with van der Waals surface area (Å²) in [6.07, 6.45) is 0. The number of nitrogens with one attached hydrogen (secondary N) is 2. The Kier molecular flexibility index (Phi) is 6.38. The Morgan fingerprint density at radius 1 is 0.971 bits per heavy atom. The summed E-state index contributed by atoms with van der Waals surface area (Å²) in [6, 6.07) is 23.2. The fourth-order valence-corrected chi connectivity index (χ4v) is 4.80. The van der Waals surface area contributed by atoms with Crippen LogP contribution >= 0.6 is 0 Å². The van der Waals surface area contributed by atoms with Gasteiger partial charge in [0.25, 0.3) is 5.91 Å². The third kappa shape index (κ3) is 4.65. The van der Waals surface area contributed by atoms with E-state index in [9.17, 15) is 18.0 Å². The molecular formula is C25H23N3O5S. The third-order valence-corrected chi connectivity index (χ3v) is 7.13. The Morgan fingerprint density at radius 3 is 2.26 bits per heavy atom. The molecule has 9 heteroatoms. The number of para-hydroxylation sites is 1. The molecule has 0 aromatic heterocycles. The van der Waals surface area contributed by atoms with E-state index in [1.807, 2.05) is 54.6 Å². The molecule has 3 N–H and O–H groups in total. The van der Waals surface area contributed by atoms with Gasteiger partial charge in [-0.2, -0.15) is 0 Å². The first-order valence-corrected chi connectivity index (χ1v) is 12.2. The Morgan fingerprint density at radius 2 is 1.62 bits per heavy atom. The van der Waals surface area contributed by atoms with Gasteiger partial charge in [0.05, 0.1) is 22.7 Å². The highest BCUT2D eigenvalue weighted by Crippen LogP contribution is 2.37. The van der Waals surface area contributed by atoms with Gasteiger partial charge in [0.2, 0.25) is 10.0 Å². The number of carboxylic acids is 1. The Bertz CT molecular complexity index is 1370. The zero-order valence-electron chi connectivity index (χ0n) is 18.4. The van der Waals surface area contributed by atoms with Crippen LogP contribution in [0.1, 0.15) is 18.1 Å². The molecule has 0 fully saturated rings. The molecule has 3 aromatic rings. The molecule has 1 aliphatic heterocycles. The number of amides is 1. The second-order valence-electron chi connectivity index (χ2n) is 7.59. The molecule has 1 amide bonds. The van der Waals surface area contributed by atoms with Gasteiger partial charge in [-0.3, -0.25) is 13.9 Å². The predicted octanol–water partition coefficient (Wildman–Crippen LogP) is 3.86. The van der Waals surface area contributed by atoms with E-state index in [4.69, 9.17) is 5.11 Å². The van der Waals surface area contributed by atoms with Crippen molar-refractivity contribution in [3.05, 3.63) is 90.0 Å². The first-order valence-electron chi connectivity index (χ1n) is 10.6. The average molecular weight is 478 g/mol. The minimum atomic E-state index is -3.77. The molecule has 0 aliphatic carbocycles. The lowest BCUT2D eigenvalue weighted by Crippen LogP contribution is -2.36. The van der Waals surface area contributed by atoms with E-state index in [1.165, 1.54) is 19.1 Å². The molecule has 1 heterocycles. The van der Waals surface area contributed by atoms with Crippen molar-refractivity contribution in [3.63, 3.8) is 0 Å². The van der Waals surface area contributed by atoms with Gasteiger partial charge in [-0.15, -0.1) is 0 Å². The van der Waals surface area contributed by atoms with Gasteiger partial charge in [-0.05, 0) is 42.8 Å². The van der Waals surface area contributed by atoms with Crippen molar-refractivity contribution in [1.29, 1.82) is 0 Å². The standard InChI is InChI=1S/C25H23N3O5S/c1-2-34(32,33)28(16-22(29)30)19-14-12-18(13-15-19)26-24(17-8-4-3-5-9-17)23-20-10-6-7-11-21(20)27-25(23)31/h3-15,26H,2,16H2,1H3,(H,27,31)(H,29,30)/b24-23-. The van der Waals surface area contributed by atoms with Gasteiger partial charge in [-0.1, -0.05) is 48.5 Å². The van der Waals surface area contributed by atoms with E-state index in [0.29, 0.717) is 17.0 Å². The number of rotatable bonds is 8. The molecular weight excluding hydrogens is 454 g/mol. The Labute approximate surface area is 197 Å². The fourth-order valence-electron chi connectivity index (χ4n) is 3.73. The van der Waals surface area contributed by atoms with Crippen molar-refractivity contribution in [3.8, 4) is 0 Å². The molecule has 0 unspecified atom stereocenters. The van der Waals surface area contributed by atoms with Crippen LogP contribution in [0.5, 0.6) is 0 Å². The van der Waals surface area contributed by atoms with Gasteiger partial charge < -0.3 is 15.7 Å². The smallest absolute Gasteiger partial charge is 0.324 e. The van der Waals surface area contributed by atoms with Crippen LogP contribution in [0.2, 0.25) is 0 Å². The van der Waals surface area contributed by atoms with Crippen molar-refractivity contribution in [2.24, 2.45) is 0 Å². The first kappa shape index (κ1) is 23.1. The Hall–Kier alpha value is -4.11. The third-order valence-electron chi connectivity index (χ3n) is 5.39. The fraction of sp³-hybridized carbons (Fsp3) is 0.120. The number of sulfonamides is 1. The highest BCUT2D eigenvalue weighted by molar-refractivity contribution is 7.92. The molecule has 34 heavy (non-hydrogen) atoms. The van der Waals surface area contributed by atoms with Crippen LogP contribution in [0.3, 0.4) is 0 Å². The topological polar surface area (TPSA) is 116 Å². The molecule has 0 radical (unpaired) electrons. The van der Waals surface area contributed by atoms with Crippen LogP contribution in [0.4, 0.5) is 17.1 Å². The van der Waals surface area contributed by atoms with Gasteiger partial charge in [-0.25, -0.2) is 8.42 Å². The minimum absolute atomic E-state index is 0.223. The zero-order valence-corrected chi connectivity index (χ0v) is 19.2. The van der Waals surface area contributed by atoms with E-state index in [2.05, 4.69) is 10.6 Å². The maximum Gasteiger partial charge on any atom is 0.324 e. The summed E-state index contributed by atoms with van der Waals surface area (Å²) < 4.78 is 25.7. The van der Waals surface area contributed by atoms with Crippen LogP contribution in [-0.4, -0.2) is 37.7 Å². The Balaban J connectivity index is 1.74. The summed E-state index contributed by atoms with van der Waals surface area (Å²) in [5.74, 6) is -1.70. The summed E-state index contributed by atoms with van der Waals surface area (Å²) in [5, 5.41) is 15.4. The first-order chi connectivity index (χ1) is 16.3. The predicted molar refractivity (Wildman–Crippen MR) is 133 cm³/mol. The number of hydrogen-bond donors (Lipinski definition) is 3. The van der Waals surface area contributed by atoms with Gasteiger partial charge in [0.15, 0.2) is 0 Å². The van der Waals surface area contributed by atoms with Crippen molar-refractivity contribution in [2.75, 3.05) is 27.2 Å². The highest BCUT2D eigenvalue weighted by atomic mass is 32.2. The summed E-state index contributed by atoms with van der Waals surface area (Å²) in [4.78, 5) is 24.1. The number of anilines is 3. The van der Waals surface area contributed by atoms with Crippen molar-refractivity contribution in [2.45, 2.75) is 6.92 Å². The number of hydrogen-bond acceptors (Lipinski definition) is 5. The second-order valence-corrected chi connectivity index (χ2v) is 9.77. The maximum atomic E-state index is 12.9. The van der Waals surface area contributed by atoms with Gasteiger partial charge in [0.1, 0.15) is 6.54 Å². The number of carboxylic acid groups (broad SMARTS) is 1. The molecule has 0 spiro atoms. The molecule has 1 aliphatic rings. The number of carbonyl (C=O) groups is 2.